The molecule has 1 aromatic heterocycles. The molecule has 0 saturated carbocycles. The van der Waals surface area contributed by atoms with Crippen molar-refractivity contribution in [1.82, 2.24) is 14.9 Å². The molecule has 8 nitrogen and oxygen atoms in total. The quantitative estimate of drug-likeness (QED) is 0.323. The Morgan fingerprint density at radius 1 is 1.00 bits per heavy atom. The SMILES string of the molecule is COc1ccc(CN(C(=O)CSc2nc(C)cc(C)n2)C(C)C(=O)Nc2ccc(N(C)C)cc2)cc1. The molecule has 3 rings (SSSR count). The maximum absolute atomic E-state index is 13.4. The highest BCUT2D eigenvalue weighted by atomic mass is 32.2. The summed E-state index contributed by atoms with van der Waals surface area (Å²) in [6.45, 7) is 5.82. The zero-order valence-electron chi connectivity index (χ0n) is 21.6. The third-order valence-corrected chi connectivity index (χ3v) is 6.45. The summed E-state index contributed by atoms with van der Waals surface area (Å²) in [5.74, 6) is 0.409. The van der Waals surface area contributed by atoms with Crippen LogP contribution < -0.4 is 15.0 Å². The van der Waals surface area contributed by atoms with Crippen LogP contribution in [0.3, 0.4) is 0 Å². The maximum Gasteiger partial charge on any atom is 0.246 e. The van der Waals surface area contributed by atoms with Gasteiger partial charge in [0.2, 0.25) is 11.8 Å². The highest BCUT2D eigenvalue weighted by Crippen LogP contribution is 2.20. The molecule has 0 radical (unpaired) electrons. The summed E-state index contributed by atoms with van der Waals surface area (Å²) in [7, 11) is 5.52. The molecule has 190 valence electrons. The van der Waals surface area contributed by atoms with Gasteiger partial charge in [0, 0.05) is 43.4 Å². The van der Waals surface area contributed by atoms with Crippen molar-refractivity contribution < 1.29 is 14.3 Å². The monoisotopic (exact) mass is 507 g/mol. The van der Waals surface area contributed by atoms with Gasteiger partial charge >= 0.3 is 0 Å². The number of hydrogen-bond donors (Lipinski definition) is 1. The van der Waals surface area contributed by atoms with E-state index in [1.54, 1.807) is 18.9 Å². The molecule has 0 spiro atoms. The highest BCUT2D eigenvalue weighted by molar-refractivity contribution is 7.99. The summed E-state index contributed by atoms with van der Waals surface area (Å²) in [6.07, 6.45) is 0. The van der Waals surface area contributed by atoms with E-state index in [-0.39, 0.29) is 24.1 Å². The van der Waals surface area contributed by atoms with Gasteiger partial charge in [0.1, 0.15) is 11.8 Å². The lowest BCUT2D eigenvalue weighted by Crippen LogP contribution is -2.46. The number of aromatic nitrogens is 2. The van der Waals surface area contributed by atoms with E-state index in [4.69, 9.17) is 4.74 Å². The van der Waals surface area contributed by atoms with Crippen LogP contribution in [0.15, 0.2) is 59.8 Å². The van der Waals surface area contributed by atoms with Crippen molar-refractivity contribution >= 4 is 35.0 Å². The standard InChI is InChI=1S/C27H33N5O3S/c1-18-15-19(2)29-27(28-18)36-17-25(33)32(16-21-7-13-24(35-6)14-8-21)20(3)26(34)30-22-9-11-23(12-10-22)31(4)5/h7-15,20H,16-17H2,1-6H3,(H,30,34). The van der Waals surface area contributed by atoms with Crippen LogP contribution in [0.4, 0.5) is 11.4 Å². The average Bonchev–Trinajstić information content (AvgIpc) is 2.85. The number of hydrogen-bond acceptors (Lipinski definition) is 7. The summed E-state index contributed by atoms with van der Waals surface area (Å²) in [6, 6.07) is 16.2. The topological polar surface area (TPSA) is 87.7 Å². The van der Waals surface area contributed by atoms with Crippen LogP contribution in [0.2, 0.25) is 0 Å². The molecule has 2 amide bonds. The van der Waals surface area contributed by atoms with Gasteiger partial charge in [-0.05, 0) is 68.8 Å². The number of nitrogens with zero attached hydrogens (tertiary/aromatic N) is 4. The first-order valence-corrected chi connectivity index (χ1v) is 12.6. The van der Waals surface area contributed by atoms with Gasteiger partial charge in [-0.2, -0.15) is 0 Å². The number of nitrogens with one attached hydrogen (secondary N) is 1. The molecule has 1 atom stereocenters. The van der Waals surface area contributed by atoms with Crippen molar-refractivity contribution in [2.75, 3.05) is 37.2 Å². The lowest BCUT2D eigenvalue weighted by molar-refractivity contribution is -0.136. The van der Waals surface area contributed by atoms with Crippen LogP contribution in [0, 0.1) is 13.8 Å². The van der Waals surface area contributed by atoms with E-state index < -0.39 is 6.04 Å². The number of carbonyl (C=O) groups excluding carboxylic acids is 2. The maximum atomic E-state index is 13.4. The molecule has 3 aromatic rings. The Bertz CT molecular complexity index is 1160. The molecule has 0 aliphatic rings. The van der Waals surface area contributed by atoms with E-state index in [1.165, 1.54) is 11.8 Å². The molecule has 1 unspecified atom stereocenters. The van der Waals surface area contributed by atoms with Gasteiger partial charge in [-0.15, -0.1) is 0 Å². The molecule has 2 aromatic carbocycles. The summed E-state index contributed by atoms with van der Waals surface area (Å²) < 4.78 is 5.24. The van der Waals surface area contributed by atoms with Gasteiger partial charge < -0.3 is 19.9 Å². The lowest BCUT2D eigenvalue weighted by Gasteiger charge is -2.29. The minimum atomic E-state index is -0.700. The van der Waals surface area contributed by atoms with E-state index in [9.17, 15) is 9.59 Å². The van der Waals surface area contributed by atoms with Gasteiger partial charge in [-0.1, -0.05) is 23.9 Å². The van der Waals surface area contributed by atoms with Crippen LogP contribution in [0.25, 0.3) is 0 Å². The number of carbonyl (C=O) groups is 2. The van der Waals surface area contributed by atoms with Crippen molar-refractivity contribution in [3.63, 3.8) is 0 Å². The van der Waals surface area contributed by atoms with E-state index in [1.807, 2.05) is 87.4 Å². The minimum absolute atomic E-state index is 0.119. The van der Waals surface area contributed by atoms with E-state index >= 15 is 0 Å². The van der Waals surface area contributed by atoms with Crippen LogP contribution >= 0.6 is 11.8 Å². The predicted molar refractivity (Wildman–Crippen MR) is 145 cm³/mol. The van der Waals surface area contributed by atoms with Crippen molar-refractivity contribution in [3.8, 4) is 5.75 Å². The number of amides is 2. The number of aryl methyl sites for hydroxylation is 2. The molecule has 1 heterocycles. The number of rotatable bonds is 10. The molecule has 0 fully saturated rings. The fourth-order valence-corrected chi connectivity index (χ4v) is 4.40. The van der Waals surface area contributed by atoms with Gasteiger partial charge in [-0.25, -0.2) is 9.97 Å². The lowest BCUT2D eigenvalue weighted by atomic mass is 10.1. The molecule has 9 heteroatoms. The number of thioether (sulfide) groups is 1. The van der Waals surface area contributed by atoms with Crippen molar-refractivity contribution in [1.29, 1.82) is 0 Å². The molecule has 1 N–H and O–H groups in total. The second kappa shape index (κ2) is 12.4. The highest BCUT2D eigenvalue weighted by Gasteiger charge is 2.26. The Morgan fingerprint density at radius 2 is 1.61 bits per heavy atom. The fraction of sp³-hybridized carbons (Fsp3) is 0.333. The van der Waals surface area contributed by atoms with Crippen LogP contribution in [0.1, 0.15) is 23.9 Å². The van der Waals surface area contributed by atoms with Crippen LogP contribution in [-0.2, 0) is 16.1 Å². The Balaban J connectivity index is 1.76. The van der Waals surface area contributed by atoms with Crippen molar-refractivity contribution in [3.05, 3.63) is 71.5 Å². The Morgan fingerprint density at radius 3 is 2.17 bits per heavy atom. The van der Waals surface area contributed by atoms with E-state index in [2.05, 4.69) is 15.3 Å². The molecule has 0 aliphatic heterocycles. The minimum Gasteiger partial charge on any atom is -0.497 e. The first-order valence-electron chi connectivity index (χ1n) is 11.6. The average molecular weight is 508 g/mol. The third kappa shape index (κ3) is 7.45. The van der Waals surface area contributed by atoms with Gasteiger partial charge in [0.15, 0.2) is 5.16 Å². The summed E-state index contributed by atoms with van der Waals surface area (Å²) in [4.78, 5) is 38.9. The Hall–Kier alpha value is -3.59. The van der Waals surface area contributed by atoms with Crippen LogP contribution in [0.5, 0.6) is 5.75 Å². The summed E-state index contributed by atoms with van der Waals surface area (Å²) in [5, 5.41) is 3.48. The number of benzene rings is 2. The zero-order valence-corrected chi connectivity index (χ0v) is 22.4. The Kier molecular flexibility index (Phi) is 9.30. The largest absolute Gasteiger partial charge is 0.497 e. The van der Waals surface area contributed by atoms with Crippen LogP contribution in [-0.4, -0.2) is 59.7 Å². The summed E-state index contributed by atoms with van der Waals surface area (Å²) in [5.41, 5.74) is 4.29. The van der Waals surface area contributed by atoms with Crippen molar-refractivity contribution in [2.24, 2.45) is 0 Å². The molecule has 0 aliphatic carbocycles. The Labute approximate surface area is 217 Å². The van der Waals surface area contributed by atoms with E-state index in [0.29, 0.717) is 10.8 Å². The number of methoxy groups -OCH3 is 1. The molecule has 0 saturated heterocycles. The molecule has 36 heavy (non-hydrogen) atoms. The number of anilines is 2. The smallest absolute Gasteiger partial charge is 0.246 e. The van der Waals surface area contributed by atoms with Gasteiger partial charge in [0.25, 0.3) is 0 Å². The molecular weight excluding hydrogens is 474 g/mol. The first-order chi connectivity index (χ1) is 17.2. The van der Waals surface area contributed by atoms with Gasteiger partial charge in [0.05, 0.1) is 12.9 Å². The normalized spacial score (nSPS) is 11.5. The number of ether oxygens (including phenoxy) is 1. The predicted octanol–water partition coefficient (Wildman–Crippen LogP) is 4.32. The first kappa shape index (κ1) is 27.0. The van der Waals surface area contributed by atoms with E-state index in [0.717, 1.165) is 28.4 Å². The second-order valence-electron chi connectivity index (χ2n) is 8.70. The fourth-order valence-electron chi connectivity index (χ4n) is 3.57. The third-order valence-electron chi connectivity index (χ3n) is 5.62. The summed E-state index contributed by atoms with van der Waals surface area (Å²) >= 11 is 1.27. The van der Waals surface area contributed by atoms with Gasteiger partial charge in [-0.3, -0.25) is 9.59 Å². The molecule has 0 bridgehead atoms. The second-order valence-corrected chi connectivity index (χ2v) is 9.64. The zero-order chi connectivity index (χ0) is 26.2. The molecular formula is C27H33N5O3S. The van der Waals surface area contributed by atoms with Crippen molar-refractivity contribution in [2.45, 2.75) is 38.5 Å².